The Balaban J connectivity index is 1.52. The highest BCUT2D eigenvalue weighted by Gasteiger charge is 2.43. The van der Waals surface area contributed by atoms with E-state index in [-0.39, 0.29) is 11.3 Å². The van der Waals surface area contributed by atoms with Gasteiger partial charge in [0.25, 0.3) is 11.9 Å². The molecule has 0 radical (unpaired) electrons. The molecule has 1 aliphatic heterocycles. The first-order valence-electron chi connectivity index (χ1n) is 12.1. The third kappa shape index (κ3) is 4.37. The van der Waals surface area contributed by atoms with Crippen molar-refractivity contribution in [2.24, 2.45) is 0 Å². The number of carbonyl (C=O) groups is 3. The number of benzene rings is 3. The zero-order valence-electron chi connectivity index (χ0n) is 21.2. The van der Waals surface area contributed by atoms with Crippen molar-refractivity contribution < 1.29 is 23.9 Å². The summed E-state index contributed by atoms with van der Waals surface area (Å²) in [5, 5.41) is 0.505. The molecule has 0 spiro atoms. The summed E-state index contributed by atoms with van der Waals surface area (Å²) >= 11 is 0. The molecule has 188 valence electrons. The van der Waals surface area contributed by atoms with Crippen LogP contribution in [0.25, 0.3) is 22.0 Å². The Morgan fingerprint density at radius 1 is 0.973 bits per heavy atom. The maximum atomic E-state index is 12.9. The number of carbonyl (C=O) groups excluding carboxylic acids is 3. The molecule has 0 saturated heterocycles. The van der Waals surface area contributed by atoms with Gasteiger partial charge in [0.15, 0.2) is 0 Å². The normalized spacial score (nSPS) is 15.4. The second-order valence-corrected chi connectivity index (χ2v) is 10.2. The lowest BCUT2D eigenvalue weighted by Gasteiger charge is -2.27. The first-order chi connectivity index (χ1) is 17.5. The molecule has 2 N–H and O–H groups in total. The highest BCUT2D eigenvalue weighted by Crippen LogP contribution is 2.41. The fourth-order valence-electron chi connectivity index (χ4n) is 4.62. The van der Waals surface area contributed by atoms with E-state index in [2.05, 4.69) is 36.4 Å². The van der Waals surface area contributed by atoms with Gasteiger partial charge in [-0.3, -0.25) is 9.59 Å². The summed E-state index contributed by atoms with van der Waals surface area (Å²) in [5.74, 6) is -2.51. The molecule has 4 aromatic rings. The molecule has 2 heterocycles. The quantitative estimate of drug-likeness (QED) is 0.240. The fraction of sp³-hybridized carbons (Fsp3) is 0.233. The lowest BCUT2D eigenvalue weighted by Crippen LogP contribution is -2.46. The van der Waals surface area contributed by atoms with Gasteiger partial charge in [-0.15, -0.1) is 0 Å². The molecule has 0 saturated carbocycles. The van der Waals surface area contributed by atoms with Gasteiger partial charge in [-0.1, -0.05) is 54.6 Å². The zero-order valence-corrected chi connectivity index (χ0v) is 21.2. The van der Waals surface area contributed by atoms with Gasteiger partial charge in [-0.2, -0.15) is 0 Å². The second kappa shape index (κ2) is 8.92. The molecule has 0 bridgehead atoms. The zero-order chi connectivity index (χ0) is 26.5. The molecular formula is C30H28N2O5. The van der Waals surface area contributed by atoms with E-state index in [1.165, 1.54) is 0 Å². The third-order valence-electron chi connectivity index (χ3n) is 6.46. The van der Waals surface area contributed by atoms with Crippen molar-refractivity contribution in [3.63, 3.8) is 0 Å². The monoisotopic (exact) mass is 496 g/mol. The van der Waals surface area contributed by atoms with Crippen molar-refractivity contribution in [1.29, 1.82) is 0 Å². The summed E-state index contributed by atoms with van der Waals surface area (Å²) < 4.78 is 13.2. The van der Waals surface area contributed by atoms with Crippen LogP contribution in [-0.2, 0) is 20.9 Å². The average Bonchev–Trinajstić information content (AvgIpc) is 3.11. The highest BCUT2D eigenvalue weighted by molar-refractivity contribution is 6.49. The van der Waals surface area contributed by atoms with E-state index in [1.54, 1.807) is 32.9 Å². The molecule has 3 aromatic carbocycles. The van der Waals surface area contributed by atoms with Crippen LogP contribution in [0.3, 0.4) is 0 Å². The van der Waals surface area contributed by atoms with Crippen LogP contribution >= 0.6 is 0 Å². The molecule has 0 aliphatic carbocycles. The smallest absolute Gasteiger partial charge is 0.356 e. The van der Waals surface area contributed by atoms with Crippen LogP contribution in [0.2, 0.25) is 0 Å². The van der Waals surface area contributed by atoms with Crippen LogP contribution in [0.5, 0.6) is 5.75 Å². The minimum atomic E-state index is -1.67. The van der Waals surface area contributed by atoms with Gasteiger partial charge in [-0.05, 0) is 56.5 Å². The number of rotatable bonds is 4. The molecule has 1 unspecified atom stereocenters. The van der Waals surface area contributed by atoms with Crippen molar-refractivity contribution in [1.82, 2.24) is 4.57 Å². The predicted molar refractivity (Wildman–Crippen MR) is 142 cm³/mol. The molecule has 7 nitrogen and oxygen atoms in total. The summed E-state index contributed by atoms with van der Waals surface area (Å²) in [6, 6.07) is 21.8. The van der Waals surface area contributed by atoms with Crippen LogP contribution < -0.4 is 10.5 Å². The van der Waals surface area contributed by atoms with E-state index in [4.69, 9.17) is 15.2 Å². The summed E-state index contributed by atoms with van der Waals surface area (Å²) in [6.45, 7) is 7.47. The number of aromatic nitrogens is 1. The van der Waals surface area contributed by atoms with Gasteiger partial charge in [0.2, 0.25) is 5.78 Å². The Morgan fingerprint density at radius 3 is 2.27 bits per heavy atom. The lowest BCUT2D eigenvalue weighted by atomic mass is 9.97. The number of nitrogens with zero attached hydrogens (tertiary/aromatic N) is 1. The molecule has 5 rings (SSSR count). The first-order valence-corrected chi connectivity index (χ1v) is 12.1. The van der Waals surface area contributed by atoms with Gasteiger partial charge in [0, 0.05) is 12.2 Å². The van der Waals surface area contributed by atoms with Crippen LogP contribution in [0, 0.1) is 6.92 Å². The standard InChI is InChI=1S/C30H28N2O5/c1-17-24(31)23-22(32(17)16-18-10-12-20(13-11-18)19-8-6-5-7-9-19)15-14-21-25(33)26(34)28(36-27(21)23)29(35)37-30(2,3)4/h5-15,28H,16,31H2,1-4H3. The maximum Gasteiger partial charge on any atom is 0.356 e. The summed E-state index contributed by atoms with van der Waals surface area (Å²) in [5.41, 5.74) is 11.0. The number of nitrogens with two attached hydrogens (primary N) is 1. The van der Waals surface area contributed by atoms with Crippen molar-refractivity contribution in [3.8, 4) is 16.9 Å². The number of Topliss-reactive ketones (excluding diaryl/α,β-unsaturated/α-hetero) is 2. The minimum Gasteiger partial charge on any atom is -0.469 e. The molecule has 1 aromatic heterocycles. The van der Waals surface area contributed by atoms with Crippen LogP contribution in [0.15, 0.2) is 66.7 Å². The predicted octanol–water partition coefficient (Wildman–Crippen LogP) is 5.10. The summed E-state index contributed by atoms with van der Waals surface area (Å²) in [4.78, 5) is 38.3. The number of ether oxygens (including phenoxy) is 2. The summed E-state index contributed by atoms with van der Waals surface area (Å²) in [7, 11) is 0. The van der Waals surface area contributed by atoms with E-state index in [0.717, 1.165) is 27.9 Å². The van der Waals surface area contributed by atoms with Gasteiger partial charge < -0.3 is 19.8 Å². The Bertz CT molecular complexity index is 1540. The summed E-state index contributed by atoms with van der Waals surface area (Å²) in [6.07, 6.45) is -1.67. The Labute approximate surface area is 214 Å². The maximum absolute atomic E-state index is 12.9. The van der Waals surface area contributed by atoms with E-state index < -0.39 is 29.2 Å². The molecule has 7 heteroatoms. The minimum absolute atomic E-state index is 0.0911. The van der Waals surface area contributed by atoms with Crippen molar-refractivity contribution in [2.45, 2.75) is 45.9 Å². The first kappa shape index (κ1) is 24.3. The SMILES string of the molecule is Cc1c(N)c2c3c(ccc2n1Cc1ccc(-c2ccccc2)cc1)C(=O)C(=O)C(C(=O)OC(C)(C)C)O3. The van der Waals surface area contributed by atoms with Crippen molar-refractivity contribution in [3.05, 3.63) is 83.6 Å². The van der Waals surface area contributed by atoms with Gasteiger partial charge >= 0.3 is 5.97 Å². The van der Waals surface area contributed by atoms with Crippen LogP contribution in [0.4, 0.5) is 5.69 Å². The van der Waals surface area contributed by atoms with Crippen molar-refractivity contribution in [2.75, 3.05) is 5.73 Å². The fourth-order valence-corrected chi connectivity index (χ4v) is 4.62. The van der Waals surface area contributed by atoms with Gasteiger partial charge in [0.05, 0.1) is 22.2 Å². The van der Waals surface area contributed by atoms with Crippen molar-refractivity contribution >= 4 is 34.1 Å². The molecule has 1 aliphatic rings. The number of ketones is 2. The largest absolute Gasteiger partial charge is 0.469 e. The molecule has 0 amide bonds. The second-order valence-electron chi connectivity index (χ2n) is 10.2. The molecule has 1 atom stereocenters. The van der Waals surface area contributed by atoms with E-state index in [0.29, 0.717) is 17.6 Å². The lowest BCUT2D eigenvalue weighted by molar-refractivity contribution is -0.165. The Morgan fingerprint density at radius 2 is 1.62 bits per heavy atom. The third-order valence-corrected chi connectivity index (χ3v) is 6.46. The van der Waals surface area contributed by atoms with E-state index >= 15 is 0 Å². The average molecular weight is 497 g/mol. The number of anilines is 1. The molecule has 37 heavy (non-hydrogen) atoms. The van der Waals surface area contributed by atoms with Crippen LogP contribution in [0.1, 0.15) is 42.4 Å². The molecule has 0 fully saturated rings. The Hall–Kier alpha value is -4.39. The van der Waals surface area contributed by atoms with Gasteiger partial charge in [0.1, 0.15) is 11.4 Å². The number of fused-ring (bicyclic) bond motifs is 3. The highest BCUT2D eigenvalue weighted by atomic mass is 16.6. The number of nitrogen functional groups attached to an aromatic ring is 1. The number of hydrogen-bond donors (Lipinski definition) is 1. The van der Waals surface area contributed by atoms with E-state index in [1.807, 2.05) is 29.7 Å². The van der Waals surface area contributed by atoms with E-state index in [9.17, 15) is 14.4 Å². The molecular weight excluding hydrogens is 468 g/mol. The van der Waals surface area contributed by atoms with Crippen LogP contribution in [-0.4, -0.2) is 33.8 Å². The Kier molecular flexibility index (Phi) is 5.86. The number of hydrogen-bond acceptors (Lipinski definition) is 6. The topological polar surface area (TPSA) is 101 Å². The number of esters is 1. The van der Waals surface area contributed by atoms with Gasteiger partial charge in [-0.25, -0.2) is 4.79 Å².